The second kappa shape index (κ2) is 9.60. The molecule has 3 rings (SSSR count). The summed E-state index contributed by atoms with van der Waals surface area (Å²) in [5.41, 5.74) is 2.30. The van der Waals surface area contributed by atoms with Crippen LogP contribution in [0.2, 0.25) is 5.02 Å². The Bertz CT molecular complexity index is 1180. The van der Waals surface area contributed by atoms with Crippen molar-refractivity contribution >= 4 is 33.2 Å². The van der Waals surface area contributed by atoms with Crippen molar-refractivity contribution in [2.75, 3.05) is 11.9 Å². The highest BCUT2D eigenvalue weighted by atomic mass is 35.5. The summed E-state index contributed by atoms with van der Waals surface area (Å²) < 4.78 is 41.9. The number of amides is 1. The van der Waals surface area contributed by atoms with Crippen LogP contribution in [0.3, 0.4) is 0 Å². The highest BCUT2D eigenvalue weighted by Gasteiger charge is 2.28. The van der Waals surface area contributed by atoms with Crippen LogP contribution >= 0.6 is 11.6 Å². The fourth-order valence-electron chi connectivity index (χ4n) is 3.01. The van der Waals surface area contributed by atoms with E-state index in [0.717, 1.165) is 15.4 Å². The standard InChI is InChI=1S/C23H22ClFN2O3S/c1-16-10-12-18(13-11-16)31(29,30)27(14-19-20(24)7-5-8-21(19)25)15-23(28)26-22-9-4-3-6-17(22)2/h3-13H,14-15H2,1-2H3,(H,26,28). The number of hydrogen-bond donors (Lipinski definition) is 1. The number of anilines is 1. The molecule has 3 aromatic carbocycles. The SMILES string of the molecule is Cc1ccc(S(=O)(=O)N(CC(=O)Nc2ccccc2C)Cc2c(F)cccc2Cl)cc1. The first-order valence-electron chi connectivity index (χ1n) is 9.53. The molecule has 0 saturated carbocycles. The van der Waals surface area contributed by atoms with Gasteiger partial charge in [0.05, 0.1) is 11.4 Å². The summed E-state index contributed by atoms with van der Waals surface area (Å²) in [5.74, 6) is -1.19. The molecule has 3 aromatic rings. The second-order valence-corrected chi connectivity index (χ2v) is 9.49. The zero-order chi connectivity index (χ0) is 22.6. The molecule has 0 spiro atoms. The minimum Gasteiger partial charge on any atom is -0.325 e. The van der Waals surface area contributed by atoms with Gasteiger partial charge in [0.2, 0.25) is 15.9 Å². The first kappa shape index (κ1) is 22.9. The molecule has 0 bridgehead atoms. The van der Waals surface area contributed by atoms with Crippen LogP contribution in [0.25, 0.3) is 0 Å². The summed E-state index contributed by atoms with van der Waals surface area (Å²) in [6, 6.07) is 17.5. The number of rotatable bonds is 7. The van der Waals surface area contributed by atoms with Crippen molar-refractivity contribution in [1.29, 1.82) is 0 Å². The number of nitrogens with one attached hydrogen (secondary N) is 1. The number of carbonyl (C=O) groups is 1. The van der Waals surface area contributed by atoms with E-state index in [1.165, 1.54) is 30.3 Å². The lowest BCUT2D eigenvalue weighted by atomic mass is 10.2. The first-order chi connectivity index (χ1) is 14.7. The minimum absolute atomic E-state index is 0.00328. The van der Waals surface area contributed by atoms with Gasteiger partial charge in [0.25, 0.3) is 0 Å². The molecule has 31 heavy (non-hydrogen) atoms. The Labute approximate surface area is 186 Å². The van der Waals surface area contributed by atoms with Crippen LogP contribution in [-0.2, 0) is 21.4 Å². The van der Waals surface area contributed by atoms with Gasteiger partial charge in [-0.15, -0.1) is 0 Å². The summed E-state index contributed by atoms with van der Waals surface area (Å²) in [7, 11) is -4.10. The number of hydrogen-bond acceptors (Lipinski definition) is 3. The topological polar surface area (TPSA) is 66.5 Å². The quantitative estimate of drug-likeness (QED) is 0.544. The minimum atomic E-state index is -4.10. The van der Waals surface area contributed by atoms with Gasteiger partial charge in [-0.05, 0) is 49.7 Å². The molecule has 8 heteroatoms. The summed E-state index contributed by atoms with van der Waals surface area (Å²) in [6.45, 7) is 2.77. The molecule has 162 valence electrons. The van der Waals surface area contributed by atoms with Crippen molar-refractivity contribution in [3.63, 3.8) is 0 Å². The van der Waals surface area contributed by atoms with Crippen molar-refractivity contribution in [3.05, 3.63) is 94.3 Å². The van der Waals surface area contributed by atoms with Crippen LogP contribution in [0, 0.1) is 19.7 Å². The lowest BCUT2D eigenvalue weighted by molar-refractivity contribution is -0.116. The van der Waals surface area contributed by atoms with Gasteiger partial charge in [0.15, 0.2) is 0 Å². The van der Waals surface area contributed by atoms with Crippen molar-refractivity contribution in [1.82, 2.24) is 4.31 Å². The van der Waals surface area contributed by atoms with Gasteiger partial charge in [0.1, 0.15) is 5.82 Å². The van der Waals surface area contributed by atoms with E-state index in [2.05, 4.69) is 5.32 Å². The molecule has 0 saturated heterocycles. The second-order valence-electron chi connectivity index (χ2n) is 7.15. The van der Waals surface area contributed by atoms with E-state index in [4.69, 9.17) is 11.6 Å². The van der Waals surface area contributed by atoms with Crippen molar-refractivity contribution in [2.45, 2.75) is 25.3 Å². The zero-order valence-corrected chi connectivity index (χ0v) is 18.7. The summed E-state index contributed by atoms with van der Waals surface area (Å²) >= 11 is 6.12. The Kier molecular flexibility index (Phi) is 7.10. The third kappa shape index (κ3) is 5.50. The van der Waals surface area contributed by atoms with Crippen LogP contribution in [0.15, 0.2) is 71.6 Å². The molecule has 0 aliphatic heterocycles. The summed E-state index contributed by atoms with van der Waals surface area (Å²) in [4.78, 5) is 12.7. The Hall–Kier alpha value is -2.74. The molecular formula is C23H22ClFN2O3S. The normalized spacial score (nSPS) is 11.5. The van der Waals surface area contributed by atoms with Gasteiger partial charge in [-0.25, -0.2) is 12.8 Å². The van der Waals surface area contributed by atoms with Crippen LogP contribution in [0.5, 0.6) is 0 Å². The average Bonchev–Trinajstić information content (AvgIpc) is 2.72. The number of para-hydroxylation sites is 1. The Morgan fingerprint density at radius 1 is 1.00 bits per heavy atom. The predicted octanol–water partition coefficient (Wildman–Crippen LogP) is 4.93. The van der Waals surface area contributed by atoms with E-state index in [0.29, 0.717) is 5.69 Å². The van der Waals surface area contributed by atoms with E-state index in [1.54, 1.807) is 24.3 Å². The van der Waals surface area contributed by atoms with Crippen LogP contribution in [0.1, 0.15) is 16.7 Å². The van der Waals surface area contributed by atoms with Gasteiger partial charge in [-0.1, -0.05) is 53.6 Å². The maximum absolute atomic E-state index is 14.4. The van der Waals surface area contributed by atoms with Gasteiger partial charge in [-0.3, -0.25) is 4.79 Å². The smallest absolute Gasteiger partial charge is 0.243 e. The lowest BCUT2D eigenvalue weighted by Crippen LogP contribution is -2.38. The monoisotopic (exact) mass is 460 g/mol. The third-order valence-corrected chi connectivity index (χ3v) is 6.95. The van der Waals surface area contributed by atoms with Crippen LogP contribution < -0.4 is 5.32 Å². The molecule has 1 amide bonds. The zero-order valence-electron chi connectivity index (χ0n) is 17.1. The third-order valence-electron chi connectivity index (χ3n) is 4.79. The van der Waals surface area contributed by atoms with Crippen molar-refractivity contribution in [2.24, 2.45) is 0 Å². The van der Waals surface area contributed by atoms with Gasteiger partial charge in [0, 0.05) is 22.8 Å². The van der Waals surface area contributed by atoms with Crippen molar-refractivity contribution in [3.8, 4) is 0 Å². The molecule has 5 nitrogen and oxygen atoms in total. The highest BCUT2D eigenvalue weighted by Crippen LogP contribution is 2.25. The van der Waals surface area contributed by atoms with E-state index in [-0.39, 0.29) is 22.0 Å². The van der Waals surface area contributed by atoms with Crippen LogP contribution in [-0.4, -0.2) is 25.2 Å². The molecule has 0 atom stereocenters. The molecule has 0 radical (unpaired) electrons. The number of carbonyl (C=O) groups excluding carboxylic acids is 1. The summed E-state index contributed by atoms with van der Waals surface area (Å²) in [5, 5.41) is 2.80. The van der Waals surface area contributed by atoms with Gasteiger partial charge in [-0.2, -0.15) is 4.31 Å². The van der Waals surface area contributed by atoms with E-state index in [9.17, 15) is 17.6 Å². The highest BCUT2D eigenvalue weighted by molar-refractivity contribution is 7.89. The number of sulfonamides is 1. The maximum Gasteiger partial charge on any atom is 0.243 e. The first-order valence-corrected chi connectivity index (χ1v) is 11.4. The molecule has 0 aliphatic carbocycles. The summed E-state index contributed by atoms with van der Waals surface area (Å²) in [6.07, 6.45) is 0. The Morgan fingerprint density at radius 3 is 2.32 bits per heavy atom. The van der Waals surface area contributed by atoms with E-state index < -0.39 is 28.3 Å². The largest absolute Gasteiger partial charge is 0.325 e. The number of nitrogens with zero attached hydrogens (tertiary/aromatic N) is 1. The fourth-order valence-corrected chi connectivity index (χ4v) is 4.60. The van der Waals surface area contributed by atoms with Crippen LogP contribution in [0.4, 0.5) is 10.1 Å². The van der Waals surface area contributed by atoms with E-state index in [1.807, 2.05) is 26.0 Å². The number of halogens is 2. The number of aryl methyl sites for hydroxylation is 2. The fraction of sp³-hybridized carbons (Fsp3) is 0.174. The Morgan fingerprint density at radius 2 is 1.68 bits per heavy atom. The Balaban J connectivity index is 1.94. The van der Waals surface area contributed by atoms with Crippen molar-refractivity contribution < 1.29 is 17.6 Å². The lowest BCUT2D eigenvalue weighted by Gasteiger charge is -2.23. The molecule has 0 aromatic heterocycles. The molecule has 0 aliphatic rings. The molecule has 0 fully saturated rings. The number of benzene rings is 3. The molecule has 0 heterocycles. The maximum atomic E-state index is 14.4. The predicted molar refractivity (Wildman–Crippen MR) is 120 cm³/mol. The van der Waals surface area contributed by atoms with Gasteiger partial charge < -0.3 is 5.32 Å². The molecule has 1 N–H and O–H groups in total. The molecule has 0 unspecified atom stereocenters. The molecular weight excluding hydrogens is 439 g/mol. The van der Waals surface area contributed by atoms with E-state index >= 15 is 0 Å². The average molecular weight is 461 g/mol. The van der Waals surface area contributed by atoms with Gasteiger partial charge >= 0.3 is 0 Å².